The Kier molecular flexibility index (Phi) is 3.97. The Balaban J connectivity index is 1.42. The van der Waals surface area contributed by atoms with Crippen LogP contribution in [0.3, 0.4) is 0 Å². The quantitative estimate of drug-likeness (QED) is 0.845. The molecule has 4 heterocycles. The zero-order chi connectivity index (χ0) is 15.5. The number of hydrogen-bond acceptors (Lipinski definition) is 5. The summed E-state index contributed by atoms with van der Waals surface area (Å²) in [6, 6.07) is 9.89. The average Bonchev–Trinajstić information content (AvgIpc) is 3.12. The third-order valence-corrected chi connectivity index (χ3v) is 4.87. The summed E-state index contributed by atoms with van der Waals surface area (Å²) in [5.74, 6) is 1.22. The summed E-state index contributed by atoms with van der Waals surface area (Å²) in [4.78, 5) is 11.0. The number of aromatic nitrogens is 2. The Morgan fingerprint density at radius 3 is 3.09 bits per heavy atom. The van der Waals surface area contributed by atoms with Crippen molar-refractivity contribution in [1.82, 2.24) is 14.9 Å². The van der Waals surface area contributed by atoms with E-state index in [0.717, 1.165) is 32.8 Å². The molecule has 0 unspecified atom stereocenters. The molecule has 0 spiro atoms. The number of fused-ring (bicyclic) bond motifs is 1. The van der Waals surface area contributed by atoms with E-state index in [1.807, 2.05) is 36.7 Å². The molecule has 4 rings (SSSR count). The Morgan fingerprint density at radius 1 is 1.26 bits per heavy atom. The summed E-state index contributed by atoms with van der Waals surface area (Å²) in [5, 5.41) is 0. The molecule has 0 bridgehead atoms. The lowest BCUT2D eigenvalue weighted by atomic mass is 9.82. The van der Waals surface area contributed by atoms with Gasteiger partial charge in [0, 0.05) is 55.6 Å². The highest BCUT2D eigenvalue weighted by Crippen LogP contribution is 2.42. The largest absolute Gasteiger partial charge is 0.477 e. The molecule has 5 heteroatoms. The van der Waals surface area contributed by atoms with Crippen LogP contribution in [0.4, 0.5) is 0 Å². The molecule has 2 aliphatic heterocycles. The molecule has 0 aromatic carbocycles. The second-order valence-corrected chi connectivity index (χ2v) is 6.56. The SMILES string of the molecule is c1ccc(OC[C@]23COC[C@H]2CN(Cc2cccnc2)C3)nc1. The van der Waals surface area contributed by atoms with Crippen LogP contribution in [0.1, 0.15) is 5.56 Å². The molecule has 23 heavy (non-hydrogen) atoms. The summed E-state index contributed by atoms with van der Waals surface area (Å²) in [7, 11) is 0. The molecule has 0 amide bonds. The molecule has 2 atom stereocenters. The predicted molar refractivity (Wildman–Crippen MR) is 86.0 cm³/mol. The highest BCUT2D eigenvalue weighted by Gasteiger charge is 2.51. The lowest BCUT2D eigenvalue weighted by Crippen LogP contribution is -2.37. The number of ether oxygens (including phenoxy) is 2. The fourth-order valence-corrected chi connectivity index (χ4v) is 3.67. The van der Waals surface area contributed by atoms with E-state index in [9.17, 15) is 0 Å². The molecule has 2 aromatic rings. The van der Waals surface area contributed by atoms with Crippen molar-refractivity contribution in [3.05, 3.63) is 54.5 Å². The zero-order valence-electron chi connectivity index (χ0n) is 13.1. The van der Waals surface area contributed by atoms with Crippen molar-refractivity contribution < 1.29 is 9.47 Å². The van der Waals surface area contributed by atoms with Crippen molar-refractivity contribution in [1.29, 1.82) is 0 Å². The van der Waals surface area contributed by atoms with Gasteiger partial charge in [-0.25, -0.2) is 4.98 Å². The second-order valence-electron chi connectivity index (χ2n) is 6.56. The average molecular weight is 311 g/mol. The third kappa shape index (κ3) is 3.07. The maximum Gasteiger partial charge on any atom is 0.213 e. The van der Waals surface area contributed by atoms with Crippen LogP contribution in [0.25, 0.3) is 0 Å². The molecule has 2 aromatic heterocycles. The molecule has 2 fully saturated rings. The van der Waals surface area contributed by atoms with Gasteiger partial charge < -0.3 is 9.47 Å². The third-order valence-electron chi connectivity index (χ3n) is 4.87. The first-order chi connectivity index (χ1) is 11.3. The fourth-order valence-electron chi connectivity index (χ4n) is 3.67. The van der Waals surface area contributed by atoms with E-state index in [-0.39, 0.29) is 5.41 Å². The molecule has 120 valence electrons. The van der Waals surface area contributed by atoms with Crippen LogP contribution in [0.2, 0.25) is 0 Å². The second kappa shape index (κ2) is 6.26. The van der Waals surface area contributed by atoms with Crippen LogP contribution in [0, 0.1) is 11.3 Å². The molecule has 0 radical (unpaired) electrons. The minimum absolute atomic E-state index is 0.0831. The van der Waals surface area contributed by atoms with Crippen LogP contribution >= 0.6 is 0 Å². The number of rotatable bonds is 5. The van der Waals surface area contributed by atoms with Gasteiger partial charge in [-0.05, 0) is 17.7 Å². The normalized spacial score (nSPS) is 27.0. The van der Waals surface area contributed by atoms with Gasteiger partial charge in [-0.1, -0.05) is 12.1 Å². The highest BCUT2D eigenvalue weighted by molar-refractivity contribution is 5.12. The number of pyridine rings is 2. The number of nitrogens with zero attached hydrogens (tertiary/aromatic N) is 3. The van der Waals surface area contributed by atoms with E-state index in [4.69, 9.17) is 9.47 Å². The standard InChI is InChI=1S/C18H21N3O2/c1-2-7-20-17(5-1)23-14-18-12-21(10-16(18)11-22-13-18)9-15-4-3-6-19-8-15/h1-8,16H,9-14H2/t16-,18+/m1/s1. The Morgan fingerprint density at radius 2 is 2.26 bits per heavy atom. The first-order valence-electron chi connectivity index (χ1n) is 8.07. The minimum Gasteiger partial charge on any atom is -0.477 e. The van der Waals surface area contributed by atoms with E-state index in [2.05, 4.69) is 20.9 Å². The van der Waals surface area contributed by atoms with Gasteiger partial charge in [0.05, 0.1) is 19.8 Å². The first kappa shape index (κ1) is 14.6. The molecular weight excluding hydrogens is 290 g/mol. The van der Waals surface area contributed by atoms with Gasteiger partial charge in [0.15, 0.2) is 0 Å². The topological polar surface area (TPSA) is 47.5 Å². The maximum absolute atomic E-state index is 5.96. The molecule has 2 aliphatic rings. The number of likely N-dealkylation sites (tertiary alicyclic amines) is 1. The molecule has 2 saturated heterocycles. The lowest BCUT2D eigenvalue weighted by Gasteiger charge is -2.27. The van der Waals surface area contributed by atoms with Gasteiger partial charge >= 0.3 is 0 Å². The van der Waals surface area contributed by atoms with Gasteiger partial charge in [-0.15, -0.1) is 0 Å². The van der Waals surface area contributed by atoms with Crippen LogP contribution in [0.15, 0.2) is 48.9 Å². The van der Waals surface area contributed by atoms with Crippen molar-refractivity contribution in [3.8, 4) is 5.88 Å². The summed E-state index contributed by atoms with van der Waals surface area (Å²) in [5.41, 5.74) is 1.34. The lowest BCUT2D eigenvalue weighted by molar-refractivity contribution is 0.0881. The van der Waals surface area contributed by atoms with Crippen LogP contribution in [-0.4, -0.2) is 47.8 Å². The fraction of sp³-hybridized carbons (Fsp3) is 0.444. The summed E-state index contributed by atoms with van der Waals surface area (Å²) in [6.07, 6.45) is 5.53. The molecular formula is C18H21N3O2. The van der Waals surface area contributed by atoms with Crippen molar-refractivity contribution in [3.63, 3.8) is 0 Å². The van der Waals surface area contributed by atoms with Crippen molar-refractivity contribution in [2.45, 2.75) is 6.54 Å². The van der Waals surface area contributed by atoms with Gasteiger partial charge in [-0.3, -0.25) is 9.88 Å². The predicted octanol–water partition coefficient (Wildman–Crippen LogP) is 2.00. The van der Waals surface area contributed by atoms with E-state index >= 15 is 0 Å². The first-order valence-corrected chi connectivity index (χ1v) is 8.07. The smallest absolute Gasteiger partial charge is 0.213 e. The van der Waals surface area contributed by atoms with Crippen LogP contribution in [-0.2, 0) is 11.3 Å². The van der Waals surface area contributed by atoms with Crippen molar-refractivity contribution in [2.24, 2.45) is 11.3 Å². The Labute approximate surface area is 136 Å². The molecule has 0 N–H and O–H groups in total. The maximum atomic E-state index is 5.96. The van der Waals surface area contributed by atoms with E-state index in [1.54, 1.807) is 6.20 Å². The zero-order valence-corrected chi connectivity index (χ0v) is 13.1. The Bertz CT molecular complexity index is 637. The van der Waals surface area contributed by atoms with Gasteiger partial charge in [0.2, 0.25) is 5.88 Å². The summed E-state index contributed by atoms with van der Waals surface area (Å²) in [6.45, 7) is 5.26. The summed E-state index contributed by atoms with van der Waals surface area (Å²) < 4.78 is 11.7. The van der Waals surface area contributed by atoms with Gasteiger partial charge in [0.1, 0.15) is 0 Å². The van der Waals surface area contributed by atoms with Crippen LogP contribution < -0.4 is 4.74 Å². The van der Waals surface area contributed by atoms with Crippen molar-refractivity contribution >= 4 is 0 Å². The molecule has 0 saturated carbocycles. The van der Waals surface area contributed by atoms with Gasteiger partial charge in [0.25, 0.3) is 0 Å². The molecule has 5 nitrogen and oxygen atoms in total. The van der Waals surface area contributed by atoms with Gasteiger partial charge in [-0.2, -0.15) is 0 Å². The minimum atomic E-state index is 0.0831. The van der Waals surface area contributed by atoms with Crippen molar-refractivity contribution in [2.75, 3.05) is 32.9 Å². The van der Waals surface area contributed by atoms with E-state index in [1.165, 1.54) is 5.56 Å². The van der Waals surface area contributed by atoms with E-state index < -0.39 is 0 Å². The van der Waals surface area contributed by atoms with E-state index in [0.29, 0.717) is 18.4 Å². The number of hydrogen-bond donors (Lipinski definition) is 0. The highest BCUT2D eigenvalue weighted by atomic mass is 16.5. The molecule has 0 aliphatic carbocycles. The summed E-state index contributed by atoms with van der Waals surface area (Å²) >= 11 is 0. The monoisotopic (exact) mass is 311 g/mol. The van der Waals surface area contributed by atoms with Crippen LogP contribution in [0.5, 0.6) is 5.88 Å². The Hall–Kier alpha value is -1.98.